The fourth-order valence-corrected chi connectivity index (χ4v) is 4.56. The van der Waals surface area contributed by atoms with Crippen LogP contribution in [0.1, 0.15) is 25.7 Å². The molecule has 0 spiro atoms. The minimum absolute atomic E-state index is 0.230. The lowest BCUT2D eigenvalue weighted by atomic mass is 9.81. The van der Waals surface area contributed by atoms with Gasteiger partial charge in [0.1, 0.15) is 0 Å². The minimum Gasteiger partial charge on any atom is -0.368 e. The van der Waals surface area contributed by atoms with Gasteiger partial charge in [0, 0.05) is 16.2 Å². The number of nitrogens with two attached hydrogens (primary N) is 1. The number of H-pyrrole nitrogens is 1. The number of benzene rings is 1. The minimum atomic E-state index is -0.540. The van der Waals surface area contributed by atoms with Gasteiger partial charge in [-0.05, 0) is 44.9 Å². The van der Waals surface area contributed by atoms with E-state index in [1.165, 1.54) is 5.39 Å². The fourth-order valence-electron chi connectivity index (χ4n) is 3.19. The number of aromatic amines is 1. The molecule has 1 aromatic carbocycles. The molecule has 3 rings (SSSR count). The number of aromatic nitrogens is 1. The van der Waals surface area contributed by atoms with E-state index in [2.05, 4.69) is 28.5 Å². The Hall–Kier alpha value is -1.46. The number of amides is 1. The van der Waals surface area contributed by atoms with Gasteiger partial charge in [0.25, 0.3) is 0 Å². The van der Waals surface area contributed by atoms with Crippen LogP contribution in [0.2, 0.25) is 0 Å². The second-order valence-corrected chi connectivity index (χ2v) is 7.10. The van der Waals surface area contributed by atoms with Crippen LogP contribution in [-0.4, -0.2) is 28.7 Å². The van der Waals surface area contributed by atoms with E-state index in [1.54, 1.807) is 0 Å². The first-order valence-electron chi connectivity index (χ1n) is 7.36. The van der Waals surface area contributed by atoms with Crippen LogP contribution >= 0.6 is 11.8 Å². The normalized spacial score (nSPS) is 26.0. The van der Waals surface area contributed by atoms with Crippen molar-refractivity contribution in [1.82, 2.24) is 10.3 Å². The van der Waals surface area contributed by atoms with Crippen molar-refractivity contribution in [3.63, 3.8) is 0 Å². The van der Waals surface area contributed by atoms with Crippen molar-refractivity contribution in [3.8, 4) is 0 Å². The maximum Gasteiger partial charge on any atom is 0.237 e. The molecule has 2 aromatic rings. The zero-order valence-electron chi connectivity index (χ0n) is 12.2. The molecule has 0 bridgehead atoms. The maximum absolute atomic E-state index is 11.8. The summed E-state index contributed by atoms with van der Waals surface area (Å²) in [5.74, 6) is -0.230. The van der Waals surface area contributed by atoms with Gasteiger partial charge in [0.2, 0.25) is 5.91 Å². The van der Waals surface area contributed by atoms with Gasteiger partial charge in [-0.3, -0.25) is 4.79 Å². The van der Waals surface area contributed by atoms with E-state index in [9.17, 15) is 4.79 Å². The third-order valence-electron chi connectivity index (χ3n) is 4.45. The molecule has 0 aliphatic heterocycles. The van der Waals surface area contributed by atoms with Crippen molar-refractivity contribution in [2.45, 2.75) is 41.5 Å². The van der Waals surface area contributed by atoms with Crippen molar-refractivity contribution in [1.29, 1.82) is 0 Å². The van der Waals surface area contributed by atoms with Gasteiger partial charge < -0.3 is 16.0 Å². The van der Waals surface area contributed by atoms with Crippen molar-refractivity contribution in [3.05, 3.63) is 30.3 Å². The molecule has 1 amide bonds. The number of para-hydroxylation sites is 1. The zero-order chi connectivity index (χ0) is 14.9. The van der Waals surface area contributed by atoms with Crippen LogP contribution in [0.25, 0.3) is 10.9 Å². The van der Waals surface area contributed by atoms with Crippen LogP contribution in [0, 0.1) is 0 Å². The van der Waals surface area contributed by atoms with E-state index in [0.717, 1.165) is 36.2 Å². The lowest BCUT2D eigenvalue weighted by molar-refractivity contribution is -0.125. The smallest absolute Gasteiger partial charge is 0.237 e. The Morgan fingerprint density at radius 3 is 3.00 bits per heavy atom. The monoisotopic (exact) mass is 303 g/mol. The first kappa shape index (κ1) is 14.5. The van der Waals surface area contributed by atoms with Gasteiger partial charge in [-0.2, -0.15) is 0 Å². The molecule has 1 heterocycles. The molecule has 4 nitrogen and oxygen atoms in total. The standard InChI is InChI=1S/C16H21N3OS/c1-18-16(15(17)20)8-4-6-12(10-16)21-14-9-11-5-2-3-7-13(11)19-14/h2-3,5,7,9,12,18-19H,4,6,8,10H2,1H3,(H2,17,20). The first-order valence-corrected chi connectivity index (χ1v) is 8.24. The molecule has 2 atom stereocenters. The third-order valence-corrected chi connectivity index (χ3v) is 5.66. The van der Waals surface area contributed by atoms with Crippen molar-refractivity contribution >= 4 is 28.6 Å². The largest absolute Gasteiger partial charge is 0.368 e. The summed E-state index contributed by atoms with van der Waals surface area (Å²) >= 11 is 1.82. The Bertz CT molecular complexity index is 621. The van der Waals surface area contributed by atoms with Crippen LogP contribution in [0.15, 0.2) is 35.4 Å². The Kier molecular flexibility index (Phi) is 3.95. The third kappa shape index (κ3) is 2.80. The van der Waals surface area contributed by atoms with E-state index < -0.39 is 5.54 Å². The highest BCUT2D eigenvalue weighted by Gasteiger charge is 2.40. The number of carbonyl (C=O) groups is 1. The molecule has 112 valence electrons. The van der Waals surface area contributed by atoms with Gasteiger partial charge in [-0.1, -0.05) is 18.2 Å². The summed E-state index contributed by atoms with van der Waals surface area (Å²) in [6.07, 6.45) is 3.78. The number of likely N-dealkylation sites (N-methyl/N-ethyl adjacent to an activating group) is 1. The SMILES string of the molecule is CNC1(C(N)=O)CCCC(Sc2cc3ccccc3[nH]2)C1. The molecular weight excluding hydrogens is 282 g/mol. The average molecular weight is 303 g/mol. The van der Waals surface area contributed by atoms with Crippen molar-refractivity contribution in [2.75, 3.05) is 7.05 Å². The predicted molar refractivity (Wildman–Crippen MR) is 87.4 cm³/mol. The van der Waals surface area contributed by atoms with E-state index in [0.29, 0.717) is 5.25 Å². The van der Waals surface area contributed by atoms with E-state index in [1.807, 2.05) is 30.9 Å². The van der Waals surface area contributed by atoms with E-state index in [-0.39, 0.29) is 5.91 Å². The number of hydrogen-bond donors (Lipinski definition) is 3. The highest BCUT2D eigenvalue weighted by Crippen LogP contribution is 2.38. The Balaban J connectivity index is 1.76. The summed E-state index contributed by atoms with van der Waals surface area (Å²) < 4.78 is 0. The lowest BCUT2D eigenvalue weighted by Crippen LogP contribution is -2.57. The van der Waals surface area contributed by atoms with Crippen LogP contribution in [-0.2, 0) is 4.79 Å². The van der Waals surface area contributed by atoms with Crippen molar-refractivity contribution < 1.29 is 4.79 Å². The molecule has 5 heteroatoms. The summed E-state index contributed by atoms with van der Waals surface area (Å²) in [6.45, 7) is 0. The Morgan fingerprint density at radius 2 is 2.29 bits per heavy atom. The van der Waals surface area contributed by atoms with E-state index >= 15 is 0 Å². The molecule has 2 unspecified atom stereocenters. The van der Waals surface area contributed by atoms with Crippen LogP contribution in [0.5, 0.6) is 0 Å². The summed E-state index contributed by atoms with van der Waals surface area (Å²) in [7, 11) is 1.83. The van der Waals surface area contributed by atoms with Crippen LogP contribution < -0.4 is 11.1 Å². The average Bonchev–Trinajstić information content (AvgIpc) is 2.89. The number of fused-ring (bicyclic) bond motifs is 1. The second-order valence-electron chi connectivity index (χ2n) is 5.75. The van der Waals surface area contributed by atoms with Gasteiger partial charge in [-0.25, -0.2) is 0 Å². The van der Waals surface area contributed by atoms with Crippen LogP contribution in [0.4, 0.5) is 0 Å². The molecule has 21 heavy (non-hydrogen) atoms. The summed E-state index contributed by atoms with van der Waals surface area (Å²) in [4.78, 5) is 15.2. The van der Waals surface area contributed by atoms with Gasteiger partial charge in [0.15, 0.2) is 0 Å². The van der Waals surface area contributed by atoms with E-state index in [4.69, 9.17) is 5.73 Å². The topological polar surface area (TPSA) is 70.9 Å². The highest BCUT2D eigenvalue weighted by atomic mass is 32.2. The summed E-state index contributed by atoms with van der Waals surface area (Å²) in [5, 5.41) is 5.96. The number of nitrogens with one attached hydrogen (secondary N) is 2. The summed E-state index contributed by atoms with van der Waals surface area (Å²) in [6, 6.07) is 10.5. The number of thioether (sulfide) groups is 1. The molecule has 1 fully saturated rings. The van der Waals surface area contributed by atoms with Crippen LogP contribution in [0.3, 0.4) is 0 Å². The summed E-state index contributed by atoms with van der Waals surface area (Å²) in [5.41, 5.74) is 6.23. The molecule has 0 radical (unpaired) electrons. The molecule has 1 aliphatic carbocycles. The lowest BCUT2D eigenvalue weighted by Gasteiger charge is -2.37. The Labute approximate surface area is 128 Å². The number of hydrogen-bond acceptors (Lipinski definition) is 3. The molecular formula is C16H21N3OS. The number of carbonyl (C=O) groups excluding carboxylic acids is 1. The quantitative estimate of drug-likeness (QED) is 0.813. The predicted octanol–water partition coefficient (Wildman–Crippen LogP) is 2.65. The first-order chi connectivity index (χ1) is 10.1. The molecule has 1 aliphatic rings. The molecule has 4 N–H and O–H groups in total. The molecule has 1 aromatic heterocycles. The fraction of sp³-hybridized carbons (Fsp3) is 0.438. The maximum atomic E-state index is 11.8. The van der Waals surface area contributed by atoms with Gasteiger partial charge in [-0.15, -0.1) is 11.8 Å². The zero-order valence-corrected chi connectivity index (χ0v) is 13.0. The molecule has 1 saturated carbocycles. The van der Waals surface area contributed by atoms with Gasteiger partial charge >= 0.3 is 0 Å². The van der Waals surface area contributed by atoms with Crippen molar-refractivity contribution in [2.24, 2.45) is 5.73 Å². The second kappa shape index (κ2) is 5.73. The number of rotatable bonds is 4. The van der Waals surface area contributed by atoms with Gasteiger partial charge in [0.05, 0.1) is 10.6 Å². The highest BCUT2D eigenvalue weighted by molar-refractivity contribution is 7.99. The molecule has 0 saturated heterocycles. The number of primary amides is 1. The Morgan fingerprint density at radius 1 is 1.48 bits per heavy atom.